The highest BCUT2D eigenvalue weighted by atomic mass is 15.2. The molecule has 1 aliphatic rings. The van der Waals surface area contributed by atoms with Crippen molar-refractivity contribution in [2.24, 2.45) is 5.92 Å². The number of nitrogens with one attached hydrogen (secondary N) is 1. The fourth-order valence-corrected chi connectivity index (χ4v) is 2.04. The predicted octanol–water partition coefficient (Wildman–Crippen LogP) is 1.61. The molecular formula is C12H23N3. The molecule has 1 aliphatic heterocycles. The van der Waals surface area contributed by atoms with Crippen molar-refractivity contribution in [3.05, 3.63) is 0 Å². The van der Waals surface area contributed by atoms with Crippen LogP contribution in [0, 0.1) is 17.2 Å². The van der Waals surface area contributed by atoms with Gasteiger partial charge >= 0.3 is 0 Å². The number of hydrogen-bond acceptors (Lipinski definition) is 3. The molecule has 0 aromatic rings. The first kappa shape index (κ1) is 12.5. The normalized spacial score (nSPS) is 22.9. The van der Waals surface area contributed by atoms with Crippen LogP contribution in [0.5, 0.6) is 0 Å². The summed E-state index contributed by atoms with van der Waals surface area (Å²) in [6.07, 6.45) is 3.73. The highest BCUT2D eigenvalue weighted by molar-refractivity contribution is 4.84. The maximum atomic E-state index is 8.64. The predicted molar refractivity (Wildman–Crippen MR) is 62.5 cm³/mol. The van der Waals surface area contributed by atoms with Gasteiger partial charge < -0.3 is 5.32 Å². The van der Waals surface area contributed by atoms with Gasteiger partial charge in [-0.1, -0.05) is 13.8 Å². The first-order valence-corrected chi connectivity index (χ1v) is 6.05. The molecule has 0 saturated carbocycles. The average molecular weight is 209 g/mol. The largest absolute Gasteiger partial charge is 0.313 e. The maximum Gasteiger partial charge on any atom is 0.0866 e. The van der Waals surface area contributed by atoms with Gasteiger partial charge in [0.1, 0.15) is 0 Å². The summed E-state index contributed by atoms with van der Waals surface area (Å²) in [5.41, 5.74) is 0. The van der Waals surface area contributed by atoms with Crippen LogP contribution in [0.25, 0.3) is 0 Å². The summed E-state index contributed by atoms with van der Waals surface area (Å²) in [6.45, 7) is 8.35. The molecule has 1 saturated heterocycles. The van der Waals surface area contributed by atoms with E-state index in [9.17, 15) is 0 Å². The van der Waals surface area contributed by atoms with E-state index < -0.39 is 0 Å². The quantitative estimate of drug-likeness (QED) is 0.699. The van der Waals surface area contributed by atoms with E-state index in [1.165, 1.54) is 19.3 Å². The van der Waals surface area contributed by atoms with Crippen LogP contribution in [0.4, 0.5) is 0 Å². The molecule has 1 atom stereocenters. The molecule has 1 N–H and O–H groups in total. The summed E-state index contributed by atoms with van der Waals surface area (Å²) in [4.78, 5) is 2.25. The molecule has 0 spiro atoms. The monoisotopic (exact) mass is 209 g/mol. The highest BCUT2D eigenvalue weighted by Gasteiger charge is 2.18. The van der Waals surface area contributed by atoms with Crippen LogP contribution in [0.1, 0.15) is 33.1 Å². The van der Waals surface area contributed by atoms with Crippen LogP contribution in [0.2, 0.25) is 0 Å². The zero-order valence-corrected chi connectivity index (χ0v) is 10.00. The van der Waals surface area contributed by atoms with E-state index in [2.05, 4.69) is 30.1 Å². The highest BCUT2D eigenvalue weighted by Crippen LogP contribution is 2.09. The number of likely N-dealkylation sites (tertiary alicyclic amines) is 1. The van der Waals surface area contributed by atoms with Crippen LogP contribution >= 0.6 is 0 Å². The first-order chi connectivity index (χ1) is 7.22. The molecule has 15 heavy (non-hydrogen) atoms. The number of nitrogens with zero attached hydrogens (tertiary/aromatic N) is 2. The van der Waals surface area contributed by atoms with Gasteiger partial charge in [0, 0.05) is 12.6 Å². The first-order valence-electron chi connectivity index (χ1n) is 6.05. The zero-order chi connectivity index (χ0) is 11.1. The smallest absolute Gasteiger partial charge is 0.0866 e. The molecule has 3 nitrogen and oxygen atoms in total. The molecule has 0 radical (unpaired) electrons. The van der Waals surface area contributed by atoms with Gasteiger partial charge in [-0.2, -0.15) is 5.26 Å². The molecule has 0 bridgehead atoms. The topological polar surface area (TPSA) is 39.1 Å². The average Bonchev–Trinajstić information content (AvgIpc) is 2.18. The van der Waals surface area contributed by atoms with E-state index in [0.717, 1.165) is 25.6 Å². The van der Waals surface area contributed by atoms with Crippen LogP contribution in [-0.2, 0) is 0 Å². The summed E-state index contributed by atoms with van der Waals surface area (Å²) < 4.78 is 0. The summed E-state index contributed by atoms with van der Waals surface area (Å²) in [5.74, 6) is 0.774. The molecule has 0 amide bonds. The lowest BCUT2D eigenvalue weighted by Gasteiger charge is -2.31. The fraction of sp³-hybridized carbons (Fsp3) is 0.917. The van der Waals surface area contributed by atoms with Gasteiger partial charge in [0.2, 0.25) is 0 Å². The van der Waals surface area contributed by atoms with E-state index >= 15 is 0 Å². The number of piperidine rings is 1. The third kappa shape index (κ3) is 5.15. The Morgan fingerprint density at radius 2 is 2.33 bits per heavy atom. The van der Waals surface area contributed by atoms with Crippen LogP contribution in [0.15, 0.2) is 0 Å². The van der Waals surface area contributed by atoms with E-state index in [1.54, 1.807) is 0 Å². The van der Waals surface area contributed by atoms with Gasteiger partial charge in [-0.15, -0.1) is 0 Å². The van der Waals surface area contributed by atoms with Gasteiger partial charge in [-0.3, -0.25) is 4.90 Å². The van der Waals surface area contributed by atoms with Gasteiger partial charge in [0.15, 0.2) is 0 Å². The Labute approximate surface area is 93.5 Å². The lowest BCUT2D eigenvalue weighted by Crippen LogP contribution is -2.46. The Bertz CT molecular complexity index is 207. The van der Waals surface area contributed by atoms with E-state index in [0.29, 0.717) is 12.6 Å². The third-order valence-corrected chi connectivity index (χ3v) is 2.95. The van der Waals surface area contributed by atoms with Crippen LogP contribution in [-0.4, -0.2) is 37.1 Å². The SMILES string of the molecule is CC(C)CCNC1CCCN(CC#N)C1. The standard InChI is InChI=1S/C12H23N3/c1-11(2)5-7-14-12-4-3-8-15(10-12)9-6-13/h11-12,14H,3-5,7-10H2,1-2H3. The minimum Gasteiger partial charge on any atom is -0.313 e. The zero-order valence-electron chi connectivity index (χ0n) is 10.00. The lowest BCUT2D eigenvalue weighted by molar-refractivity contribution is 0.209. The van der Waals surface area contributed by atoms with Crippen LogP contribution in [0.3, 0.4) is 0 Å². The molecule has 1 rings (SSSR count). The number of rotatable bonds is 5. The van der Waals surface area contributed by atoms with E-state index in [4.69, 9.17) is 5.26 Å². The Hall–Kier alpha value is -0.590. The summed E-state index contributed by atoms with van der Waals surface area (Å²) in [5, 5.41) is 12.2. The number of hydrogen-bond donors (Lipinski definition) is 1. The minimum atomic E-state index is 0.586. The van der Waals surface area contributed by atoms with Crippen molar-refractivity contribution in [3.8, 4) is 6.07 Å². The second-order valence-corrected chi connectivity index (χ2v) is 4.87. The Balaban J connectivity index is 2.16. The summed E-state index contributed by atoms with van der Waals surface area (Å²) in [7, 11) is 0. The van der Waals surface area contributed by atoms with Crippen molar-refractivity contribution in [2.75, 3.05) is 26.2 Å². The molecular weight excluding hydrogens is 186 g/mol. The van der Waals surface area contributed by atoms with Gasteiger partial charge in [0.05, 0.1) is 12.6 Å². The van der Waals surface area contributed by atoms with Crippen molar-refractivity contribution >= 4 is 0 Å². The van der Waals surface area contributed by atoms with Gasteiger partial charge in [-0.05, 0) is 38.3 Å². The van der Waals surface area contributed by atoms with Crippen molar-refractivity contribution in [2.45, 2.75) is 39.2 Å². The molecule has 86 valence electrons. The maximum absolute atomic E-state index is 8.64. The van der Waals surface area contributed by atoms with E-state index in [-0.39, 0.29) is 0 Å². The molecule has 0 aromatic heterocycles. The molecule has 0 aromatic carbocycles. The van der Waals surface area contributed by atoms with Gasteiger partial charge in [0.25, 0.3) is 0 Å². The Kier molecular flexibility index (Phi) is 5.67. The van der Waals surface area contributed by atoms with Crippen molar-refractivity contribution in [3.63, 3.8) is 0 Å². The molecule has 1 heterocycles. The Morgan fingerprint density at radius 1 is 1.53 bits per heavy atom. The van der Waals surface area contributed by atoms with Crippen molar-refractivity contribution in [1.82, 2.24) is 10.2 Å². The third-order valence-electron chi connectivity index (χ3n) is 2.95. The minimum absolute atomic E-state index is 0.586. The lowest BCUT2D eigenvalue weighted by atomic mass is 10.0. The second kappa shape index (κ2) is 6.81. The fourth-order valence-electron chi connectivity index (χ4n) is 2.04. The Morgan fingerprint density at radius 3 is 3.00 bits per heavy atom. The number of nitriles is 1. The van der Waals surface area contributed by atoms with Crippen molar-refractivity contribution < 1.29 is 0 Å². The molecule has 3 heteroatoms. The second-order valence-electron chi connectivity index (χ2n) is 4.87. The van der Waals surface area contributed by atoms with E-state index in [1.807, 2.05) is 0 Å². The molecule has 1 fully saturated rings. The van der Waals surface area contributed by atoms with Crippen molar-refractivity contribution in [1.29, 1.82) is 5.26 Å². The summed E-state index contributed by atoms with van der Waals surface area (Å²) >= 11 is 0. The van der Waals surface area contributed by atoms with Crippen LogP contribution < -0.4 is 5.32 Å². The molecule has 1 unspecified atom stereocenters. The molecule has 0 aliphatic carbocycles. The van der Waals surface area contributed by atoms with Gasteiger partial charge in [-0.25, -0.2) is 0 Å². The summed E-state index contributed by atoms with van der Waals surface area (Å²) in [6, 6.07) is 2.83.